The molecule has 0 radical (unpaired) electrons. The number of halogens is 1. The van der Waals surface area contributed by atoms with Gasteiger partial charge in [-0.15, -0.1) is 0 Å². The Morgan fingerprint density at radius 1 is 1.41 bits per heavy atom. The molecule has 4 heteroatoms. The van der Waals surface area contributed by atoms with E-state index >= 15 is 0 Å². The number of methoxy groups -OCH3 is 1. The van der Waals surface area contributed by atoms with E-state index in [0.717, 1.165) is 35.8 Å². The highest BCUT2D eigenvalue weighted by Crippen LogP contribution is 2.22. The van der Waals surface area contributed by atoms with Gasteiger partial charge in [-0.25, -0.2) is 0 Å². The Labute approximate surface area is 107 Å². The molecule has 0 spiro atoms. The van der Waals surface area contributed by atoms with E-state index in [1.54, 1.807) is 14.0 Å². The molecule has 0 aliphatic rings. The fourth-order valence-corrected chi connectivity index (χ4v) is 1.74. The van der Waals surface area contributed by atoms with Crippen molar-refractivity contribution in [2.24, 2.45) is 0 Å². The van der Waals surface area contributed by atoms with Crippen LogP contribution >= 0.6 is 11.6 Å². The van der Waals surface area contributed by atoms with Crippen molar-refractivity contribution in [1.29, 1.82) is 0 Å². The summed E-state index contributed by atoms with van der Waals surface area (Å²) in [6.07, 6.45) is 1.43. The van der Waals surface area contributed by atoms with E-state index in [0.29, 0.717) is 6.42 Å². The van der Waals surface area contributed by atoms with Crippen molar-refractivity contribution >= 4 is 17.4 Å². The molecule has 0 saturated heterocycles. The predicted molar refractivity (Wildman–Crippen MR) is 69.9 cm³/mol. The molecule has 1 aromatic carbocycles. The van der Waals surface area contributed by atoms with Crippen LogP contribution in [0.25, 0.3) is 0 Å². The van der Waals surface area contributed by atoms with Crippen LogP contribution < -0.4 is 10.1 Å². The standard InChI is InChI=1S/C13H18ClNO2/c1-10(16)5-7-15-8-6-11-3-4-12(17-2)9-13(11)14/h3-4,9,15H,5-8H2,1-2H3. The van der Waals surface area contributed by atoms with E-state index in [1.807, 2.05) is 18.2 Å². The fraction of sp³-hybridized carbons (Fsp3) is 0.462. The van der Waals surface area contributed by atoms with Gasteiger partial charge in [0.15, 0.2) is 0 Å². The van der Waals surface area contributed by atoms with Gasteiger partial charge in [-0.2, -0.15) is 0 Å². The number of carbonyl (C=O) groups excluding carboxylic acids is 1. The SMILES string of the molecule is COc1ccc(CCNCCC(C)=O)c(Cl)c1. The topological polar surface area (TPSA) is 38.3 Å². The first-order valence-electron chi connectivity index (χ1n) is 5.66. The highest BCUT2D eigenvalue weighted by Gasteiger charge is 2.02. The molecule has 1 rings (SSSR count). The molecule has 0 saturated carbocycles. The number of hydrogen-bond donors (Lipinski definition) is 1. The summed E-state index contributed by atoms with van der Waals surface area (Å²) in [6.45, 7) is 3.14. The number of benzene rings is 1. The maximum absolute atomic E-state index is 10.7. The lowest BCUT2D eigenvalue weighted by Crippen LogP contribution is -2.20. The summed E-state index contributed by atoms with van der Waals surface area (Å²) in [6, 6.07) is 5.68. The van der Waals surface area contributed by atoms with Crippen molar-refractivity contribution in [1.82, 2.24) is 5.32 Å². The minimum Gasteiger partial charge on any atom is -0.497 e. The van der Waals surface area contributed by atoms with Crippen LogP contribution in [-0.2, 0) is 11.2 Å². The fourth-order valence-electron chi connectivity index (χ4n) is 1.47. The molecule has 0 amide bonds. The summed E-state index contributed by atoms with van der Waals surface area (Å²) >= 11 is 6.11. The van der Waals surface area contributed by atoms with Crippen LogP contribution in [0.15, 0.2) is 18.2 Å². The molecule has 1 aromatic rings. The average molecular weight is 256 g/mol. The quantitative estimate of drug-likeness (QED) is 0.761. The van der Waals surface area contributed by atoms with Crippen molar-refractivity contribution < 1.29 is 9.53 Å². The number of Topliss-reactive ketones (excluding diaryl/α,β-unsaturated/α-hetero) is 1. The van der Waals surface area contributed by atoms with Crippen molar-refractivity contribution in [2.75, 3.05) is 20.2 Å². The van der Waals surface area contributed by atoms with Gasteiger partial charge < -0.3 is 10.1 Å². The zero-order chi connectivity index (χ0) is 12.7. The molecule has 0 atom stereocenters. The van der Waals surface area contributed by atoms with Crippen LogP contribution in [0.1, 0.15) is 18.9 Å². The summed E-state index contributed by atoms with van der Waals surface area (Å²) in [4.78, 5) is 10.7. The largest absolute Gasteiger partial charge is 0.497 e. The Kier molecular flexibility index (Phi) is 6.01. The third-order valence-electron chi connectivity index (χ3n) is 2.49. The first-order chi connectivity index (χ1) is 8.13. The molecule has 0 fully saturated rings. The van der Waals surface area contributed by atoms with E-state index in [1.165, 1.54) is 0 Å². The minimum absolute atomic E-state index is 0.208. The van der Waals surface area contributed by atoms with E-state index in [-0.39, 0.29) is 5.78 Å². The molecule has 0 aromatic heterocycles. The third kappa shape index (κ3) is 5.20. The van der Waals surface area contributed by atoms with Gasteiger partial charge in [-0.3, -0.25) is 4.79 Å². The zero-order valence-electron chi connectivity index (χ0n) is 10.3. The Bertz CT molecular complexity index is 380. The lowest BCUT2D eigenvalue weighted by Gasteiger charge is -2.07. The van der Waals surface area contributed by atoms with Crippen molar-refractivity contribution in [3.63, 3.8) is 0 Å². The number of nitrogens with one attached hydrogen (secondary N) is 1. The van der Waals surface area contributed by atoms with Gasteiger partial charge in [0, 0.05) is 18.0 Å². The summed E-state index contributed by atoms with van der Waals surface area (Å²) in [7, 11) is 1.62. The molecule has 0 aliphatic heterocycles. The van der Waals surface area contributed by atoms with Crippen LogP contribution in [0.5, 0.6) is 5.75 Å². The van der Waals surface area contributed by atoms with Crippen LogP contribution in [0, 0.1) is 0 Å². The van der Waals surface area contributed by atoms with Gasteiger partial charge in [0.2, 0.25) is 0 Å². The van der Waals surface area contributed by atoms with Crippen LogP contribution in [0.4, 0.5) is 0 Å². The number of hydrogen-bond acceptors (Lipinski definition) is 3. The van der Waals surface area contributed by atoms with Crippen molar-refractivity contribution in [2.45, 2.75) is 19.8 Å². The van der Waals surface area contributed by atoms with Crippen LogP contribution in [0.3, 0.4) is 0 Å². The number of carbonyl (C=O) groups is 1. The number of rotatable bonds is 7. The third-order valence-corrected chi connectivity index (χ3v) is 2.84. The summed E-state index contributed by atoms with van der Waals surface area (Å²) in [5, 5.41) is 3.93. The van der Waals surface area contributed by atoms with Gasteiger partial charge in [-0.05, 0) is 37.6 Å². The van der Waals surface area contributed by atoms with Gasteiger partial charge in [0.25, 0.3) is 0 Å². The number of ketones is 1. The van der Waals surface area contributed by atoms with E-state index in [9.17, 15) is 4.79 Å². The molecule has 0 unspecified atom stereocenters. The molecular weight excluding hydrogens is 238 g/mol. The maximum Gasteiger partial charge on any atom is 0.131 e. The lowest BCUT2D eigenvalue weighted by atomic mass is 10.1. The van der Waals surface area contributed by atoms with E-state index < -0.39 is 0 Å². The first kappa shape index (κ1) is 14.0. The predicted octanol–water partition coefficient (Wildman–Crippen LogP) is 2.46. The Morgan fingerprint density at radius 2 is 2.18 bits per heavy atom. The monoisotopic (exact) mass is 255 g/mol. The second-order valence-corrected chi connectivity index (χ2v) is 4.32. The zero-order valence-corrected chi connectivity index (χ0v) is 11.0. The molecule has 1 N–H and O–H groups in total. The summed E-state index contributed by atoms with van der Waals surface area (Å²) in [5.74, 6) is 0.975. The Morgan fingerprint density at radius 3 is 2.76 bits per heavy atom. The van der Waals surface area contributed by atoms with E-state index in [4.69, 9.17) is 16.3 Å². The van der Waals surface area contributed by atoms with Crippen LogP contribution in [0.2, 0.25) is 5.02 Å². The van der Waals surface area contributed by atoms with Crippen molar-refractivity contribution in [3.05, 3.63) is 28.8 Å². The second kappa shape index (κ2) is 7.30. The molecule has 0 aliphatic carbocycles. The normalized spacial score (nSPS) is 10.3. The Balaban J connectivity index is 2.34. The number of ether oxygens (including phenoxy) is 1. The highest BCUT2D eigenvalue weighted by atomic mass is 35.5. The van der Waals surface area contributed by atoms with Gasteiger partial charge in [0.1, 0.15) is 11.5 Å². The lowest BCUT2D eigenvalue weighted by molar-refractivity contribution is -0.116. The molecule has 3 nitrogen and oxygen atoms in total. The maximum atomic E-state index is 10.7. The summed E-state index contributed by atoms with van der Waals surface area (Å²) < 4.78 is 5.08. The average Bonchev–Trinajstić information content (AvgIpc) is 2.30. The second-order valence-electron chi connectivity index (χ2n) is 3.91. The molecule has 0 heterocycles. The van der Waals surface area contributed by atoms with Gasteiger partial charge >= 0.3 is 0 Å². The molecular formula is C13H18ClNO2. The minimum atomic E-state index is 0.208. The summed E-state index contributed by atoms with van der Waals surface area (Å²) in [5.41, 5.74) is 1.09. The highest BCUT2D eigenvalue weighted by molar-refractivity contribution is 6.31. The van der Waals surface area contributed by atoms with E-state index in [2.05, 4.69) is 5.32 Å². The van der Waals surface area contributed by atoms with Gasteiger partial charge in [-0.1, -0.05) is 17.7 Å². The first-order valence-corrected chi connectivity index (χ1v) is 6.04. The Hall–Kier alpha value is -1.06. The van der Waals surface area contributed by atoms with Crippen LogP contribution in [-0.4, -0.2) is 26.0 Å². The molecule has 94 valence electrons. The van der Waals surface area contributed by atoms with Crippen molar-refractivity contribution in [3.8, 4) is 5.75 Å². The molecule has 17 heavy (non-hydrogen) atoms. The smallest absolute Gasteiger partial charge is 0.131 e. The molecule has 0 bridgehead atoms. The van der Waals surface area contributed by atoms with Gasteiger partial charge in [0.05, 0.1) is 7.11 Å².